The molecule has 1 aromatic heterocycles. The molecule has 0 bridgehead atoms. The van der Waals surface area contributed by atoms with Crippen molar-refractivity contribution in [1.82, 2.24) is 14.8 Å². The van der Waals surface area contributed by atoms with Crippen molar-refractivity contribution in [3.63, 3.8) is 0 Å². The van der Waals surface area contributed by atoms with Crippen molar-refractivity contribution in [2.45, 2.75) is 25.4 Å². The van der Waals surface area contributed by atoms with E-state index in [4.69, 9.17) is 11.6 Å². The number of benzene rings is 1. The SMILES string of the molecule is CN1CCC(NC(=O)CCn2ccc3cc(Cl)ccc32)C1=O. The van der Waals surface area contributed by atoms with E-state index in [0.717, 1.165) is 10.9 Å². The number of likely N-dealkylation sites (N-methyl/N-ethyl adjacent to an activating group) is 1. The normalized spacial score (nSPS) is 18.2. The lowest BCUT2D eigenvalue weighted by molar-refractivity contribution is -0.131. The Hall–Kier alpha value is -2.01. The first-order valence-electron chi connectivity index (χ1n) is 7.33. The molecule has 0 radical (unpaired) electrons. The zero-order valence-electron chi connectivity index (χ0n) is 12.4. The number of aryl methyl sites for hydroxylation is 1. The lowest BCUT2D eigenvalue weighted by atomic mass is 10.2. The largest absolute Gasteiger partial charge is 0.347 e. The van der Waals surface area contributed by atoms with Gasteiger partial charge in [0.2, 0.25) is 11.8 Å². The van der Waals surface area contributed by atoms with E-state index >= 15 is 0 Å². The fraction of sp³-hybridized carbons (Fsp3) is 0.375. The molecule has 0 saturated carbocycles. The number of carbonyl (C=O) groups excluding carboxylic acids is 2. The molecule has 2 heterocycles. The third-order valence-electron chi connectivity index (χ3n) is 4.08. The maximum atomic E-state index is 12.0. The standard InChI is InChI=1S/C16H18ClN3O2/c1-19-7-5-13(16(19)22)18-15(21)6-9-20-8-4-11-10-12(17)2-3-14(11)20/h2-4,8,10,13H,5-7,9H2,1H3,(H,18,21). The predicted octanol–water partition coefficient (Wildman–Crippen LogP) is 2.03. The third-order valence-corrected chi connectivity index (χ3v) is 4.31. The van der Waals surface area contributed by atoms with Crippen LogP contribution in [0, 0.1) is 0 Å². The van der Waals surface area contributed by atoms with E-state index in [1.54, 1.807) is 11.9 Å². The van der Waals surface area contributed by atoms with Crippen molar-refractivity contribution in [2.24, 2.45) is 0 Å². The predicted molar refractivity (Wildman–Crippen MR) is 85.7 cm³/mol. The van der Waals surface area contributed by atoms with Gasteiger partial charge in [0.25, 0.3) is 0 Å². The Labute approximate surface area is 133 Å². The number of halogens is 1. The number of hydrogen-bond acceptors (Lipinski definition) is 2. The van der Waals surface area contributed by atoms with Gasteiger partial charge in [-0.05, 0) is 30.7 Å². The molecule has 1 aromatic carbocycles. The summed E-state index contributed by atoms with van der Waals surface area (Å²) in [4.78, 5) is 25.4. The Morgan fingerprint density at radius 3 is 2.95 bits per heavy atom. The highest BCUT2D eigenvalue weighted by molar-refractivity contribution is 6.31. The van der Waals surface area contributed by atoms with Gasteiger partial charge >= 0.3 is 0 Å². The summed E-state index contributed by atoms with van der Waals surface area (Å²) in [5.41, 5.74) is 1.05. The number of nitrogens with zero attached hydrogens (tertiary/aromatic N) is 2. The van der Waals surface area contributed by atoms with E-state index in [0.29, 0.717) is 31.0 Å². The zero-order valence-corrected chi connectivity index (χ0v) is 13.1. The molecule has 1 atom stereocenters. The van der Waals surface area contributed by atoms with Crippen molar-refractivity contribution < 1.29 is 9.59 Å². The quantitative estimate of drug-likeness (QED) is 0.937. The molecule has 1 saturated heterocycles. The third kappa shape index (κ3) is 2.95. The number of rotatable bonds is 4. The van der Waals surface area contributed by atoms with Crippen LogP contribution < -0.4 is 5.32 Å². The highest BCUT2D eigenvalue weighted by atomic mass is 35.5. The first kappa shape index (κ1) is 14.9. The fourth-order valence-corrected chi connectivity index (χ4v) is 2.99. The molecule has 22 heavy (non-hydrogen) atoms. The molecule has 1 aliphatic heterocycles. The summed E-state index contributed by atoms with van der Waals surface area (Å²) in [5, 5.41) is 4.57. The van der Waals surface area contributed by atoms with Gasteiger partial charge in [-0.3, -0.25) is 9.59 Å². The Balaban J connectivity index is 1.59. The first-order chi connectivity index (χ1) is 10.5. The molecule has 6 heteroatoms. The Morgan fingerprint density at radius 1 is 1.41 bits per heavy atom. The van der Waals surface area contributed by atoms with Crippen LogP contribution in [0.2, 0.25) is 5.02 Å². The van der Waals surface area contributed by atoms with Gasteiger partial charge in [-0.2, -0.15) is 0 Å². The van der Waals surface area contributed by atoms with Crippen LogP contribution in [-0.4, -0.2) is 40.9 Å². The number of aromatic nitrogens is 1. The van der Waals surface area contributed by atoms with Gasteiger partial charge < -0.3 is 14.8 Å². The van der Waals surface area contributed by atoms with Crippen LogP contribution in [0.15, 0.2) is 30.5 Å². The van der Waals surface area contributed by atoms with Crippen molar-refractivity contribution >= 4 is 34.3 Å². The Kier molecular flexibility index (Phi) is 4.07. The molecule has 116 valence electrons. The highest BCUT2D eigenvalue weighted by Gasteiger charge is 2.29. The summed E-state index contributed by atoms with van der Waals surface area (Å²) >= 11 is 5.97. The van der Waals surface area contributed by atoms with E-state index < -0.39 is 0 Å². The topological polar surface area (TPSA) is 54.3 Å². The van der Waals surface area contributed by atoms with Gasteiger partial charge in [-0.25, -0.2) is 0 Å². The van der Waals surface area contributed by atoms with Gasteiger partial charge in [-0.1, -0.05) is 11.6 Å². The summed E-state index contributed by atoms with van der Waals surface area (Å²) < 4.78 is 2.02. The zero-order chi connectivity index (χ0) is 15.7. The van der Waals surface area contributed by atoms with Crippen molar-refractivity contribution in [1.29, 1.82) is 0 Å². The van der Waals surface area contributed by atoms with Gasteiger partial charge in [0, 0.05) is 48.7 Å². The Bertz CT molecular complexity index is 725. The summed E-state index contributed by atoms with van der Waals surface area (Å²) in [6, 6.07) is 7.31. The molecule has 2 aromatic rings. The first-order valence-corrected chi connectivity index (χ1v) is 7.71. The van der Waals surface area contributed by atoms with Gasteiger partial charge in [-0.15, -0.1) is 0 Å². The minimum absolute atomic E-state index is 0.00518. The fourth-order valence-electron chi connectivity index (χ4n) is 2.81. The highest BCUT2D eigenvalue weighted by Crippen LogP contribution is 2.20. The van der Waals surface area contributed by atoms with E-state index in [-0.39, 0.29) is 17.9 Å². The summed E-state index contributed by atoms with van der Waals surface area (Å²) in [7, 11) is 1.76. The average Bonchev–Trinajstić information content (AvgIpc) is 3.03. The maximum Gasteiger partial charge on any atom is 0.244 e. The second kappa shape index (κ2) is 6.01. The van der Waals surface area contributed by atoms with Crippen LogP contribution in [0.1, 0.15) is 12.8 Å². The van der Waals surface area contributed by atoms with Gasteiger partial charge in [0.1, 0.15) is 6.04 Å². The minimum Gasteiger partial charge on any atom is -0.347 e. The molecule has 1 aliphatic rings. The monoisotopic (exact) mass is 319 g/mol. The average molecular weight is 320 g/mol. The smallest absolute Gasteiger partial charge is 0.244 e. The van der Waals surface area contributed by atoms with E-state index in [9.17, 15) is 9.59 Å². The van der Waals surface area contributed by atoms with E-state index in [1.165, 1.54) is 0 Å². The molecule has 3 rings (SSSR count). The number of likely N-dealkylation sites (tertiary alicyclic amines) is 1. The number of carbonyl (C=O) groups is 2. The number of amides is 2. The lowest BCUT2D eigenvalue weighted by Crippen LogP contribution is -2.40. The lowest BCUT2D eigenvalue weighted by Gasteiger charge is -2.12. The second-order valence-electron chi connectivity index (χ2n) is 5.63. The molecule has 1 fully saturated rings. The van der Waals surface area contributed by atoms with Crippen molar-refractivity contribution in [3.8, 4) is 0 Å². The summed E-state index contributed by atoms with van der Waals surface area (Å²) in [5.74, 6) is -0.0983. The maximum absolute atomic E-state index is 12.0. The molecule has 1 unspecified atom stereocenters. The molecular weight excluding hydrogens is 302 g/mol. The molecular formula is C16H18ClN3O2. The summed E-state index contributed by atoms with van der Waals surface area (Å²) in [6.07, 6.45) is 2.98. The minimum atomic E-state index is -0.363. The van der Waals surface area contributed by atoms with Crippen LogP contribution in [0.3, 0.4) is 0 Å². The van der Waals surface area contributed by atoms with E-state index in [2.05, 4.69) is 5.32 Å². The van der Waals surface area contributed by atoms with Crippen LogP contribution in [-0.2, 0) is 16.1 Å². The molecule has 2 amide bonds. The van der Waals surface area contributed by atoms with Crippen LogP contribution >= 0.6 is 11.6 Å². The molecule has 1 N–H and O–H groups in total. The van der Waals surface area contributed by atoms with E-state index in [1.807, 2.05) is 35.0 Å². The molecule has 0 aliphatic carbocycles. The second-order valence-corrected chi connectivity index (χ2v) is 6.07. The molecule has 5 nitrogen and oxygen atoms in total. The van der Waals surface area contributed by atoms with Crippen LogP contribution in [0.4, 0.5) is 0 Å². The van der Waals surface area contributed by atoms with Crippen molar-refractivity contribution in [3.05, 3.63) is 35.5 Å². The molecule has 0 spiro atoms. The number of nitrogens with one attached hydrogen (secondary N) is 1. The van der Waals surface area contributed by atoms with Gasteiger partial charge in [0.05, 0.1) is 0 Å². The van der Waals surface area contributed by atoms with Crippen molar-refractivity contribution in [2.75, 3.05) is 13.6 Å². The Morgan fingerprint density at radius 2 is 2.23 bits per heavy atom. The number of fused-ring (bicyclic) bond motifs is 1. The van der Waals surface area contributed by atoms with Gasteiger partial charge in [0.15, 0.2) is 0 Å². The van der Waals surface area contributed by atoms with Crippen LogP contribution in [0.5, 0.6) is 0 Å². The summed E-state index contributed by atoms with van der Waals surface area (Å²) in [6.45, 7) is 1.28. The number of hydrogen-bond donors (Lipinski definition) is 1. The van der Waals surface area contributed by atoms with Crippen LogP contribution in [0.25, 0.3) is 10.9 Å².